The highest BCUT2D eigenvalue weighted by Gasteiger charge is 2.07. The van der Waals surface area contributed by atoms with Crippen LogP contribution in [0.15, 0.2) is 67.0 Å². The van der Waals surface area contributed by atoms with E-state index in [0.717, 1.165) is 11.3 Å². The summed E-state index contributed by atoms with van der Waals surface area (Å²) in [5.41, 5.74) is 4.10. The smallest absolute Gasteiger partial charge is 0.253 e. The number of hydrogen-bond donors (Lipinski definition) is 2. The van der Waals surface area contributed by atoms with Gasteiger partial charge in [0, 0.05) is 25.5 Å². The zero-order valence-corrected chi connectivity index (χ0v) is 15.2. The van der Waals surface area contributed by atoms with Crippen molar-refractivity contribution in [1.29, 1.82) is 0 Å². The molecule has 0 fully saturated rings. The molecule has 0 saturated heterocycles. The van der Waals surface area contributed by atoms with E-state index in [2.05, 4.69) is 15.6 Å². The number of aryl methyl sites for hydroxylation is 1. The topological polar surface area (TPSA) is 54.0 Å². The van der Waals surface area contributed by atoms with Crippen LogP contribution in [0, 0.1) is 12.7 Å². The van der Waals surface area contributed by atoms with Crippen LogP contribution < -0.4 is 10.6 Å². The minimum atomic E-state index is -0.207. The van der Waals surface area contributed by atoms with Gasteiger partial charge in [0.25, 0.3) is 5.91 Å². The number of carbonyl (C=O) groups excluding carboxylic acids is 1. The first kappa shape index (κ1) is 18.6. The van der Waals surface area contributed by atoms with Crippen LogP contribution in [0.5, 0.6) is 0 Å². The summed E-state index contributed by atoms with van der Waals surface area (Å²) in [5, 5.41) is 6.08. The molecule has 0 unspecified atom stereocenters. The summed E-state index contributed by atoms with van der Waals surface area (Å²) >= 11 is 0. The van der Waals surface area contributed by atoms with E-state index in [1.165, 1.54) is 17.8 Å². The van der Waals surface area contributed by atoms with Crippen LogP contribution in [0.25, 0.3) is 0 Å². The lowest BCUT2D eigenvalue weighted by atomic mass is 10.1. The average molecular weight is 363 g/mol. The average Bonchev–Trinajstić information content (AvgIpc) is 2.69. The largest absolute Gasteiger partial charge is 0.383 e. The Labute approximate surface area is 158 Å². The molecule has 0 aliphatic heterocycles. The van der Waals surface area contributed by atoms with Gasteiger partial charge in [-0.05, 0) is 36.6 Å². The van der Waals surface area contributed by atoms with Gasteiger partial charge in [-0.3, -0.25) is 9.78 Å². The van der Waals surface area contributed by atoms with E-state index < -0.39 is 0 Å². The summed E-state index contributed by atoms with van der Waals surface area (Å²) < 4.78 is 13.6. The normalized spacial score (nSPS) is 10.4. The maximum absolute atomic E-state index is 13.6. The number of nitrogens with zero attached hydrogens (tertiary/aromatic N) is 1. The summed E-state index contributed by atoms with van der Waals surface area (Å²) in [6.07, 6.45) is 3.74. The molecule has 3 rings (SSSR count). The van der Waals surface area contributed by atoms with Crippen LogP contribution in [-0.2, 0) is 13.0 Å². The van der Waals surface area contributed by atoms with Crippen LogP contribution in [0.3, 0.4) is 0 Å². The molecule has 138 valence electrons. The van der Waals surface area contributed by atoms with Gasteiger partial charge in [0.2, 0.25) is 0 Å². The van der Waals surface area contributed by atoms with Crippen molar-refractivity contribution in [2.45, 2.75) is 19.9 Å². The number of halogens is 1. The Morgan fingerprint density at radius 3 is 2.63 bits per heavy atom. The lowest BCUT2D eigenvalue weighted by Gasteiger charge is -2.09. The number of amides is 1. The Bertz CT molecular complexity index is 909. The maximum Gasteiger partial charge on any atom is 0.253 e. The molecule has 1 amide bonds. The van der Waals surface area contributed by atoms with E-state index >= 15 is 0 Å². The lowest BCUT2D eigenvalue weighted by Crippen LogP contribution is -2.23. The summed E-state index contributed by atoms with van der Waals surface area (Å²) in [6, 6.07) is 16.5. The number of pyridine rings is 1. The fraction of sp³-hybridized carbons (Fsp3) is 0.182. The molecular weight excluding hydrogens is 341 g/mol. The molecule has 4 nitrogen and oxygen atoms in total. The van der Waals surface area contributed by atoms with Crippen molar-refractivity contribution in [3.63, 3.8) is 0 Å². The lowest BCUT2D eigenvalue weighted by molar-refractivity contribution is 0.0950. The molecule has 0 aliphatic carbocycles. The van der Waals surface area contributed by atoms with Crippen molar-refractivity contribution >= 4 is 11.6 Å². The van der Waals surface area contributed by atoms with Gasteiger partial charge in [-0.1, -0.05) is 48.0 Å². The molecule has 27 heavy (non-hydrogen) atoms. The first-order valence-corrected chi connectivity index (χ1v) is 8.88. The predicted octanol–water partition coefficient (Wildman–Crippen LogP) is 4.11. The van der Waals surface area contributed by atoms with Gasteiger partial charge in [-0.25, -0.2) is 4.39 Å². The van der Waals surface area contributed by atoms with Crippen LogP contribution in [-0.4, -0.2) is 17.4 Å². The molecule has 0 radical (unpaired) electrons. The van der Waals surface area contributed by atoms with Crippen molar-refractivity contribution in [3.05, 3.63) is 95.1 Å². The third kappa shape index (κ3) is 5.38. The van der Waals surface area contributed by atoms with Gasteiger partial charge in [0.15, 0.2) is 0 Å². The molecule has 1 aromatic heterocycles. The number of anilines is 1. The van der Waals surface area contributed by atoms with E-state index in [1.807, 2.05) is 37.3 Å². The van der Waals surface area contributed by atoms with Crippen LogP contribution in [0.4, 0.5) is 10.1 Å². The Hall–Kier alpha value is -3.21. The van der Waals surface area contributed by atoms with Crippen LogP contribution >= 0.6 is 0 Å². The second kappa shape index (κ2) is 8.94. The Morgan fingerprint density at radius 2 is 1.85 bits per heavy atom. The van der Waals surface area contributed by atoms with Gasteiger partial charge < -0.3 is 10.6 Å². The zero-order chi connectivity index (χ0) is 19.1. The number of carbonyl (C=O) groups is 1. The highest BCUT2D eigenvalue weighted by atomic mass is 19.1. The molecule has 2 N–H and O–H groups in total. The standard InChI is InChI=1S/C22H22FN3O/c1-16-6-8-17(9-7-16)13-26-22(27)19-12-20(15-24-14-19)25-11-10-18-4-2-3-5-21(18)23/h2-9,12,14-15,25H,10-11,13H2,1H3,(H,26,27). The van der Waals surface area contributed by atoms with Gasteiger partial charge >= 0.3 is 0 Å². The van der Waals surface area contributed by atoms with Crippen molar-refractivity contribution in [3.8, 4) is 0 Å². The van der Waals surface area contributed by atoms with E-state index in [9.17, 15) is 9.18 Å². The zero-order valence-electron chi connectivity index (χ0n) is 15.2. The van der Waals surface area contributed by atoms with Crippen LogP contribution in [0.1, 0.15) is 27.0 Å². The summed E-state index contributed by atoms with van der Waals surface area (Å²) in [7, 11) is 0. The second-order valence-electron chi connectivity index (χ2n) is 6.40. The molecule has 0 spiro atoms. The molecule has 1 heterocycles. The molecule has 0 bridgehead atoms. The SMILES string of the molecule is Cc1ccc(CNC(=O)c2cncc(NCCc3ccccc3F)c2)cc1. The van der Waals surface area contributed by atoms with E-state index in [1.54, 1.807) is 24.4 Å². The van der Waals surface area contributed by atoms with E-state index in [4.69, 9.17) is 0 Å². The van der Waals surface area contributed by atoms with Crippen molar-refractivity contribution in [2.24, 2.45) is 0 Å². The molecule has 0 aliphatic rings. The molecular formula is C22H22FN3O. The quantitative estimate of drug-likeness (QED) is 0.664. The molecule has 0 atom stereocenters. The van der Waals surface area contributed by atoms with Gasteiger partial charge in [-0.2, -0.15) is 0 Å². The van der Waals surface area contributed by atoms with Crippen molar-refractivity contribution in [1.82, 2.24) is 10.3 Å². The first-order chi connectivity index (χ1) is 13.1. The van der Waals surface area contributed by atoms with E-state index in [-0.39, 0.29) is 11.7 Å². The summed E-state index contributed by atoms with van der Waals surface area (Å²) in [4.78, 5) is 16.5. The van der Waals surface area contributed by atoms with Crippen molar-refractivity contribution < 1.29 is 9.18 Å². The van der Waals surface area contributed by atoms with E-state index in [0.29, 0.717) is 30.6 Å². The number of hydrogen-bond acceptors (Lipinski definition) is 3. The van der Waals surface area contributed by atoms with Gasteiger partial charge in [0.1, 0.15) is 5.82 Å². The Kier molecular flexibility index (Phi) is 6.15. The number of aromatic nitrogens is 1. The fourth-order valence-corrected chi connectivity index (χ4v) is 2.69. The third-order valence-corrected chi connectivity index (χ3v) is 4.26. The summed E-state index contributed by atoms with van der Waals surface area (Å²) in [6.45, 7) is 3.04. The second-order valence-corrected chi connectivity index (χ2v) is 6.40. The van der Waals surface area contributed by atoms with Gasteiger partial charge in [-0.15, -0.1) is 0 Å². The molecule has 5 heteroatoms. The summed E-state index contributed by atoms with van der Waals surface area (Å²) in [5.74, 6) is -0.387. The predicted molar refractivity (Wildman–Crippen MR) is 105 cm³/mol. The minimum absolute atomic E-state index is 0.180. The first-order valence-electron chi connectivity index (χ1n) is 8.88. The van der Waals surface area contributed by atoms with Crippen molar-refractivity contribution in [2.75, 3.05) is 11.9 Å². The van der Waals surface area contributed by atoms with Gasteiger partial charge in [0.05, 0.1) is 11.3 Å². The molecule has 0 saturated carbocycles. The number of rotatable bonds is 7. The fourth-order valence-electron chi connectivity index (χ4n) is 2.69. The minimum Gasteiger partial charge on any atom is -0.383 e. The monoisotopic (exact) mass is 363 g/mol. The third-order valence-electron chi connectivity index (χ3n) is 4.26. The Morgan fingerprint density at radius 1 is 1.07 bits per heavy atom. The Balaban J connectivity index is 1.53. The number of nitrogens with one attached hydrogen (secondary N) is 2. The van der Waals surface area contributed by atoms with Crippen LogP contribution in [0.2, 0.25) is 0 Å². The molecule has 2 aromatic carbocycles. The maximum atomic E-state index is 13.6. The highest BCUT2D eigenvalue weighted by molar-refractivity contribution is 5.94. The highest BCUT2D eigenvalue weighted by Crippen LogP contribution is 2.11. The number of benzene rings is 2. The molecule has 3 aromatic rings.